The van der Waals surface area contributed by atoms with Crippen LogP contribution in [0.3, 0.4) is 0 Å². The third-order valence-corrected chi connectivity index (χ3v) is 6.22. The number of hydrogen-bond acceptors (Lipinski definition) is 7. The SMILES string of the molecule is CCN1C(=O)C(=Cc2c(N3CCOCC3)nc3c(C)cccn3c2=O)SC1=S. The maximum Gasteiger partial charge on any atom is 0.267 e. The molecule has 0 spiro atoms. The van der Waals surface area contributed by atoms with Crippen molar-refractivity contribution in [3.8, 4) is 0 Å². The van der Waals surface area contributed by atoms with E-state index in [1.54, 1.807) is 12.3 Å². The van der Waals surface area contributed by atoms with E-state index in [2.05, 4.69) is 0 Å². The number of aryl methyl sites for hydroxylation is 1. The number of anilines is 1. The lowest BCUT2D eigenvalue weighted by Gasteiger charge is -2.29. The number of morpholine rings is 1. The Balaban J connectivity index is 1.92. The van der Waals surface area contributed by atoms with Crippen LogP contribution >= 0.6 is 24.0 Å². The molecular formula is C19H20N4O3S2. The molecule has 1 amide bonds. The first-order valence-corrected chi connectivity index (χ1v) is 10.3. The zero-order chi connectivity index (χ0) is 19.8. The van der Waals surface area contributed by atoms with Crippen molar-refractivity contribution >= 4 is 51.7 Å². The second kappa shape index (κ2) is 7.65. The van der Waals surface area contributed by atoms with E-state index in [-0.39, 0.29) is 11.5 Å². The number of hydrogen-bond donors (Lipinski definition) is 0. The van der Waals surface area contributed by atoms with Crippen molar-refractivity contribution in [1.29, 1.82) is 0 Å². The van der Waals surface area contributed by atoms with Crippen LogP contribution in [0.25, 0.3) is 11.7 Å². The largest absolute Gasteiger partial charge is 0.378 e. The van der Waals surface area contributed by atoms with Gasteiger partial charge in [0.1, 0.15) is 15.8 Å². The maximum atomic E-state index is 13.3. The van der Waals surface area contributed by atoms with E-state index in [1.807, 2.05) is 30.9 Å². The molecule has 7 nitrogen and oxygen atoms in total. The smallest absolute Gasteiger partial charge is 0.267 e. The van der Waals surface area contributed by atoms with Crippen LogP contribution < -0.4 is 10.5 Å². The highest BCUT2D eigenvalue weighted by Crippen LogP contribution is 2.33. The number of pyridine rings is 1. The number of nitrogens with zero attached hydrogens (tertiary/aromatic N) is 4. The molecule has 0 bridgehead atoms. The van der Waals surface area contributed by atoms with Crippen LogP contribution in [0.5, 0.6) is 0 Å². The summed E-state index contributed by atoms with van der Waals surface area (Å²) in [6, 6.07) is 3.75. The quantitative estimate of drug-likeness (QED) is 0.560. The van der Waals surface area contributed by atoms with Crippen LogP contribution in [0.4, 0.5) is 5.82 Å². The summed E-state index contributed by atoms with van der Waals surface area (Å²) in [5.74, 6) is 0.420. The zero-order valence-electron chi connectivity index (χ0n) is 15.7. The molecular weight excluding hydrogens is 396 g/mol. The van der Waals surface area contributed by atoms with Crippen LogP contribution in [-0.4, -0.2) is 57.4 Å². The van der Waals surface area contributed by atoms with Gasteiger partial charge in [0.2, 0.25) is 0 Å². The van der Waals surface area contributed by atoms with Crippen molar-refractivity contribution in [2.45, 2.75) is 13.8 Å². The summed E-state index contributed by atoms with van der Waals surface area (Å²) in [6.45, 7) is 6.75. The second-order valence-corrected chi connectivity index (χ2v) is 8.24. The monoisotopic (exact) mass is 416 g/mol. The first-order valence-electron chi connectivity index (χ1n) is 9.11. The van der Waals surface area contributed by atoms with Crippen molar-refractivity contribution in [3.05, 3.63) is 44.7 Å². The lowest BCUT2D eigenvalue weighted by molar-refractivity contribution is -0.121. The van der Waals surface area contributed by atoms with Gasteiger partial charge in [-0.3, -0.25) is 18.9 Å². The van der Waals surface area contributed by atoms with Gasteiger partial charge in [-0.15, -0.1) is 0 Å². The van der Waals surface area contributed by atoms with Gasteiger partial charge in [-0.05, 0) is 31.6 Å². The number of amides is 1. The minimum absolute atomic E-state index is 0.167. The van der Waals surface area contributed by atoms with Crippen molar-refractivity contribution in [3.63, 3.8) is 0 Å². The summed E-state index contributed by atoms with van der Waals surface area (Å²) in [7, 11) is 0. The highest BCUT2D eigenvalue weighted by atomic mass is 32.2. The maximum absolute atomic E-state index is 13.3. The molecule has 0 unspecified atom stereocenters. The number of carbonyl (C=O) groups excluding carboxylic acids is 1. The molecule has 0 radical (unpaired) electrons. The van der Waals surface area contributed by atoms with Crippen molar-refractivity contribution < 1.29 is 9.53 Å². The van der Waals surface area contributed by atoms with Gasteiger partial charge in [0.25, 0.3) is 11.5 Å². The molecule has 2 aliphatic rings. The van der Waals surface area contributed by atoms with Gasteiger partial charge < -0.3 is 9.64 Å². The van der Waals surface area contributed by atoms with Gasteiger partial charge in [-0.1, -0.05) is 30.0 Å². The summed E-state index contributed by atoms with van der Waals surface area (Å²) >= 11 is 6.52. The van der Waals surface area contributed by atoms with Crippen molar-refractivity contribution in [2.75, 3.05) is 37.7 Å². The standard InChI is InChI=1S/C19H20N4O3S2/c1-3-22-18(25)14(28-19(22)27)11-13-16(21-7-9-26-10-8-21)20-15-12(2)5-4-6-23(15)17(13)24/h4-6,11H,3,7-10H2,1-2H3. The average molecular weight is 417 g/mol. The molecule has 0 N–H and O–H groups in total. The van der Waals surface area contributed by atoms with E-state index in [4.69, 9.17) is 21.9 Å². The van der Waals surface area contributed by atoms with Crippen LogP contribution in [0, 0.1) is 6.92 Å². The summed E-state index contributed by atoms with van der Waals surface area (Å²) in [6.07, 6.45) is 3.35. The first kappa shape index (κ1) is 19.1. The Morgan fingerprint density at radius 2 is 2.07 bits per heavy atom. The summed E-state index contributed by atoms with van der Waals surface area (Å²) in [4.78, 5) is 34.8. The minimum atomic E-state index is -0.197. The Morgan fingerprint density at radius 3 is 2.75 bits per heavy atom. The highest BCUT2D eigenvalue weighted by molar-refractivity contribution is 8.26. The molecule has 9 heteroatoms. The predicted octanol–water partition coefficient (Wildman–Crippen LogP) is 2.06. The number of rotatable bonds is 3. The number of thiocarbonyl (C=S) groups is 1. The number of aromatic nitrogens is 2. The third kappa shape index (κ3) is 3.23. The van der Waals surface area contributed by atoms with Gasteiger partial charge in [0.15, 0.2) is 0 Å². The van der Waals surface area contributed by atoms with Crippen LogP contribution in [0.2, 0.25) is 0 Å². The van der Waals surface area contributed by atoms with Gasteiger partial charge in [-0.2, -0.15) is 0 Å². The molecule has 2 aromatic rings. The number of fused-ring (bicyclic) bond motifs is 1. The summed E-state index contributed by atoms with van der Waals surface area (Å²) in [5.41, 5.74) is 1.74. The fourth-order valence-electron chi connectivity index (χ4n) is 3.35. The van der Waals surface area contributed by atoms with Crippen LogP contribution in [-0.2, 0) is 9.53 Å². The van der Waals surface area contributed by atoms with Crippen molar-refractivity contribution in [1.82, 2.24) is 14.3 Å². The molecule has 2 aliphatic heterocycles. The number of thioether (sulfide) groups is 1. The summed E-state index contributed by atoms with van der Waals surface area (Å²) < 4.78 is 7.49. The Kier molecular flexibility index (Phi) is 5.22. The molecule has 28 heavy (non-hydrogen) atoms. The molecule has 146 valence electrons. The second-order valence-electron chi connectivity index (χ2n) is 6.56. The molecule has 2 aromatic heterocycles. The molecule has 0 atom stereocenters. The van der Waals surface area contributed by atoms with Crippen LogP contribution in [0.1, 0.15) is 18.1 Å². The Labute approximate surface area is 172 Å². The predicted molar refractivity (Wildman–Crippen MR) is 115 cm³/mol. The molecule has 4 rings (SSSR count). The Morgan fingerprint density at radius 1 is 1.32 bits per heavy atom. The van der Waals surface area contributed by atoms with E-state index in [0.29, 0.717) is 59.1 Å². The number of ether oxygens (including phenoxy) is 1. The number of carbonyl (C=O) groups is 1. The summed E-state index contributed by atoms with van der Waals surface area (Å²) in [5, 5.41) is 0. The first-order chi connectivity index (χ1) is 13.5. The Bertz CT molecular complexity index is 1060. The van der Waals surface area contributed by atoms with Crippen molar-refractivity contribution in [2.24, 2.45) is 0 Å². The van der Waals surface area contributed by atoms with E-state index < -0.39 is 0 Å². The highest BCUT2D eigenvalue weighted by Gasteiger charge is 2.32. The third-order valence-electron chi connectivity index (χ3n) is 4.84. The van der Waals surface area contributed by atoms with Gasteiger partial charge in [0, 0.05) is 25.8 Å². The average Bonchev–Trinajstić information content (AvgIpc) is 2.97. The van der Waals surface area contributed by atoms with Gasteiger partial charge >= 0.3 is 0 Å². The van der Waals surface area contributed by atoms with E-state index in [9.17, 15) is 9.59 Å². The molecule has 2 fully saturated rings. The molecule has 0 saturated carbocycles. The topological polar surface area (TPSA) is 67.2 Å². The lowest BCUT2D eigenvalue weighted by Crippen LogP contribution is -2.38. The van der Waals surface area contributed by atoms with E-state index >= 15 is 0 Å². The molecule has 0 aromatic carbocycles. The number of likely N-dealkylation sites (N-methyl/N-ethyl adjacent to an activating group) is 1. The molecule has 4 heterocycles. The molecule has 0 aliphatic carbocycles. The molecule has 2 saturated heterocycles. The van der Waals surface area contributed by atoms with Crippen LogP contribution in [0.15, 0.2) is 28.0 Å². The normalized spacial score (nSPS) is 19.3. The van der Waals surface area contributed by atoms with Gasteiger partial charge in [-0.25, -0.2) is 4.98 Å². The lowest BCUT2D eigenvalue weighted by atomic mass is 10.2. The van der Waals surface area contributed by atoms with Gasteiger partial charge in [0.05, 0.1) is 23.7 Å². The minimum Gasteiger partial charge on any atom is -0.378 e. The Hall–Kier alpha value is -2.23. The zero-order valence-corrected chi connectivity index (χ0v) is 17.3. The van der Waals surface area contributed by atoms with E-state index in [1.165, 1.54) is 21.1 Å². The fraction of sp³-hybridized carbons (Fsp3) is 0.368. The fourth-order valence-corrected chi connectivity index (χ4v) is 4.71. The van der Waals surface area contributed by atoms with E-state index in [0.717, 1.165) is 5.56 Å².